The summed E-state index contributed by atoms with van der Waals surface area (Å²) in [6, 6.07) is 15.2. The van der Waals surface area contributed by atoms with Crippen molar-refractivity contribution in [3.8, 4) is 28.8 Å². The minimum Gasteiger partial charge on any atom is -0.481 e. The van der Waals surface area contributed by atoms with E-state index in [9.17, 15) is 4.79 Å². The molecule has 12 nitrogen and oxygen atoms in total. The number of pyridine rings is 3. The average molecular weight is 559 g/mol. The minimum atomic E-state index is -0.158. The van der Waals surface area contributed by atoms with E-state index in [1.54, 1.807) is 38.0 Å². The van der Waals surface area contributed by atoms with Crippen molar-refractivity contribution in [3.63, 3.8) is 0 Å². The van der Waals surface area contributed by atoms with Crippen molar-refractivity contribution < 1.29 is 9.53 Å². The number of anilines is 1. The Morgan fingerprint density at radius 1 is 1.02 bits per heavy atom. The summed E-state index contributed by atoms with van der Waals surface area (Å²) >= 11 is 0. The van der Waals surface area contributed by atoms with E-state index >= 15 is 0 Å². The van der Waals surface area contributed by atoms with E-state index in [0.717, 1.165) is 29.7 Å². The lowest BCUT2D eigenvalue weighted by atomic mass is 10.1. The molecule has 1 aliphatic rings. The fourth-order valence-electron chi connectivity index (χ4n) is 5.52. The van der Waals surface area contributed by atoms with Gasteiger partial charge in [-0.3, -0.25) is 9.36 Å². The first kappa shape index (κ1) is 25.3. The standard InChI is InChI=1S/C30H26N10O2/c1-17-20(11-13-33-30(17)42-2)29(41)37-23-8-5-18-16-19(6-7-21(18)23)39-27(22-4-3-12-32-26(22)31)36-24-9-10-25(38-28(24)39)40-34-14-15-35-40/h3-4,6-7,9-16,23H,5,8H2,1-2H3,(H2,31,32)(H,37,41)/t23-/m0/s1. The maximum atomic E-state index is 13.2. The van der Waals surface area contributed by atoms with Crippen LogP contribution in [0.5, 0.6) is 5.88 Å². The van der Waals surface area contributed by atoms with Crippen LogP contribution in [-0.4, -0.2) is 52.5 Å². The van der Waals surface area contributed by atoms with E-state index < -0.39 is 0 Å². The summed E-state index contributed by atoms with van der Waals surface area (Å²) in [5, 5.41) is 11.7. The van der Waals surface area contributed by atoms with Crippen LogP contribution in [0.1, 0.15) is 39.5 Å². The molecular formula is C30H26N10O2. The number of aryl methyl sites for hydroxylation is 1. The molecule has 5 heterocycles. The second-order valence-corrected chi connectivity index (χ2v) is 9.98. The zero-order valence-electron chi connectivity index (χ0n) is 22.9. The van der Waals surface area contributed by atoms with Crippen LogP contribution < -0.4 is 15.8 Å². The third-order valence-electron chi connectivity index (χ3n) is 7.56. The Morgan fingerprint density at radius 2 is 1.88 bits per heavy atom. The van der Waals surface area contributed by atoms with Crippen LogP contribution in [0, 0.1) is 6.92 Å². The number of methoxy groups -OCH3 is 1. The molecule has 7 rings (SSSR count). The van der Waals surface area contributed by atoms with Crippen molar-refractivity contribution in [1.82, 2.24) is 44.8 Å². The predicted molar refractivity (Wildman–Crippen MR) is 155 cm³/mol. The number of aromatic nitrogens is 8. The lowest BCUT2D eigenvalue weighted by Gasteiger charge is -2.17. The van der Waals surface area contributed by atoms with Crippen molar-refractivity contribution in [1.29, 1.82) is 0 Å². The topological polar surface area (TPSA) is 152 Å². The minimum absolute atomic E-state index is 0.122. The Balaban J connectivity index is 1.29. The van der Waals surface area contributed by atoms with Crippen molar-refractivity contribution >= 4 is 22.9 Å². The van der Waals surface area contributed by atoms with Crippen LogP contribution in [-0.2, 0) is 6.42 Å². The van der Waals surface area contributed by atoms with Crippen molar-refractivity contribution in [2.24, 2.45) is 0 Å². The monoisotopic (exact) mass is 558 g/mol. The molecule has 0 bridgehead atoms. The van der Waals surface area contributed by atoms with Crippen molar-refractivity contribution in [2.75, 3.05) is 12.8 Å². The number of imidazole rings is 1. The molecule has 0 unspecified atom stereocenters. The quantitative estimate of drug-likeness (QED) is 0.311. The molecule has 208 valence electrons. The van der Waals surface area contributed by atoms with E-state index in [2.05, 4.69) is 37.6 Å². The number of nitrogen functional groups attached to an aromatic ring is 1. The summed E-state index contributed by atoms with van der Waals surface area (Å²) in [7, 11) is 1.55. The molecule has 42 heavy (non-hydrogen) atoms. The van der Waals surface area contributed by atoms with Crippen LogP contribution in [0.25, 0.3) is 34.1 Å². The second-order valence-electron chi connectivity index (χ2n) is 9.98. The molecule has 1 aliphatic carbocycles. The number of carbonyl (C=O) groups excluding carboxylic acids is 1. The maximum absolute atomic E-state index is 13.2. The van der Waals surface area contributed by atoms with Crippen LogP contribution in [0.2, 0.25) is 0 Å². The molecule has 1 amide bonds. The van der Waals surface area contributed by atoms with Gasteiger partial charge in [0.2, 0.25) is 5.88 Å². The van der Waals surface area contributed by atoms with E-state index in [-0.39, 0.29) is 11.9 Å². The average Bonchev–Trinajstić information content (AvgIpc) is 3.76. The zero-order valence-corrected chi connectivity index (χ0v) is 22.9. The molecular weight excluding hydrogens is 532 g/mol. The number of benzene rings is 1. The first-order valence-corrected chi connectivity index (χ1v) is 13.4. The van der Waals surface area contributed by atoms with Crippen molar-refractivity contribution in [3.05, 3.63) is 95.6 Å². The summed E-state index contributed by atoms with van der Waals surface area (Å²) in [4.78, 5) is 32.9. The SMILES string of the molecule is COc1nccc(C(=O)N[C@H]2CCc3cc(-n4c(-c5cccnc5N)nc5ccc(-n6nccn6)nc54)ccc32)c1C. The fraction of sp³-hybridized carbons (Fsp3) is 0.167. The van der Waals surface area contributed by atoms with Gasteiger partial charge in [0.25, 0.3) is 5.91 Å². The van der Waals surface area contributed by atoms with Gasteiger partial charge in [-0.15, -0.1) is 4.80 Å². The highest BCUT2D eigenvalue weighted by Crippen LogP contribution is 2.36. The number of nitrogens with one attached hydrogen (secondary N) is 1. The Kier molecular flexibility index (Phi) is 6.07. The largest absolute Gasteiger partial charge is 0.481 e. The van der Waals surface area contributed by atoms with E-state index in [4.69, 9.17) is 20.4 Å². The normalized spacial score (nSPS) is 14.2. The number of rotatable bonds is 6. The number of fused-ring (bicyclic) bond motifs is 2. The number of nitrogens with two attached hydrogens (primary N) is 1. The lowest BCUT2D eigenvalue weighted by molar-refractivity contribution is 0.0935. The zero-order chi connectivity index (χ0) is 28.8. The number of amides is 1. The van der Waals surface area contributed by atoms with Crippen LogP contribution in [0.15, 0.2) is 73.3 Å². The summed E-state index contributed by atoms with van der Waals surface area (Å²) in [5.74, 6) is 1.84. The summed E-state index contributed by atoms with van der Waals surface area (Å²) in [5.41, 5.74) is 12.7. The molecule has 0 fully saturated rings. The smallest absolute Gasteiger partial charge is 0.252 e. The molecule has 1 atom stereocenters. The second kappa shape index (κ2) is 10.1. The van der Waals surface area contributed by atoms with E-state index in [1.807, 2.05) is 41.8 Å². The van der Waals surface area contributed by atoms with Gasteiger partial charge >= 0.3 is 0 Å². The van der Waals surface area contributed by atoms with Gasteiger partial charge in [0, 0.05) is 29.2 Å². The van der Waals surface area contributed by atoms with E-state index in [1.165, 1.54) is 4.80 Å². The van der Waals surface area contributed by atoms with Crippen molar-refractivity contribution in [2.45, 2.75) is 25.8 Å². The fourth-order valence-corrected chi connectivity index (χ4v) is 5.52. The van der Waals surface area contributed by atoms with Gasteiger partial charge < -0.3 is 15.8 Å². The number of nitrogens with zero attached hydrogens (tertiary/aromatic N) is 8. The number of hydrogen-bond acceptors (Lipinski definition) is 9. The number of ether oxygens (including phenoxy) is 1. The highest BCUT2D eigenvalue weighted by Gasteiger charge is 2.27. The summed E-state index contributed by atoms with van der Waals surface area (Å²) in [6.45, 7) is 1.83. The van der Waals surface area contributed by atoms with E-state index in [0.29, 0.717) is 51.2 Å². The number of hydrogen-bond donors (Lipinski definition) is 2. The maximum Gasteiger partial charge on any atom is 0.252 e. The van der Waals surface area contributed by atoms with Gasteiger partial charge in [-0.05, 0) is 73.4 Å². The van der Waals surface area contributed by atoms with Gasteiger partial charge in [0.1, 0.15) is 11.3 Å². The highest BCUT2D eigenvalue weighted by molar-refractivity contribution is 5.96. The molecule has 1 aromatic carbocycles. The first-order chi connectivity index (χ1) is 20.5. The molecule has 0 aliphatic heterocycles. The summed E-state index contributed by atoms with van der Waals surface area (Å²) in [6.07, 6.45) is 8.03. The van der Waals surface area contributed by atoms with Crippen LogP contribution in [0.4, 0.5) is 5.82 Å². The molecule has 0 radical (unpaired) electrons. The van der Waals surface area contributed by atoms with Crippen LogP contribution >= 0.6 is 0 Å². The Labute approximate surface area is 240 Å². The van der Waals surface area contributed by atoms with Crippen LogP contribution in [0.3, 0.4) is 0 Å². The van der Waals surface area contributed by atoms with Gasteiger partial charge in [-0.1, -0.05) is 6.07 Å². The molecule has 0 saturated carbocycles. The third-order valence-corrected chi connectivity index (χ3v) is 7.56. The number of carbonyl (C=O) groups is 1. The molecule has 6 aromatic rings. The van der Waals surface area contributed by atoms with Gasteiger partial charge in [0.15, 0.2) is 17.3 Å². The molecule has 12 heteroatoms. The van der Waals surface area contributed by atoms with Gasteiger partial charge in [0.05, 0.1) is 31.1 Å². The first-order valence-electron chi connectivity index (χ1n) is 13.4. The van der Waals surface area contributed by atoms with Gasteiger partial charge in [-0.2, -0.15) is 10.2 Å². The predicted octanol–water partition coefficient (Wildman–Crippen LogP) is 3.77. The lowest BCUT2D eigenvalue weighted by Crippen LogP contribution is -2.28. The Morgan fingerprint density at radius 3 is 2.69 bits per heavy atom. The summed E-state index contributed by atoms with van der Waals surface area (Å²) < 4.78 is 7.28. The molecule has 0 saturated heterocycles. The Hall–Kier alpha value is -5.65. The van der Waals surface area contributed by atoms with Gasteiger partial charge in [-0.25, -0.2) is 19.9 Å². The third kappa shape index (κ3) is 4.20. The highest BCUT2D eigenvalue weighted by atomic mass is 16.5. The molecule has 3 N–H and O–H groups in total. The Bertz CT molecular complexity index is 1970. The molecule has 5 aromatic heterocycles. The molecule has 0 spiro atoms.